The highest BCUT2D eigenvalue weighted by atomic mass is 79.9. The summed E-state index contributed by atoms with van der Waals surface area (Å²) in [5.41, 5.74) is 2.52. The van der Waals surface area contributed by atoms with E-state index in [9.17, 15) is 14.4 Å². The Kier molecular flexibility index (Phi) is 7.04. The van der Waals surface area contributed by atoms with Gasteiger partial charge in [-0.15, -0.1) is 0 Å². The van der Waals surface area contributed by atoms with Gasteiger partial charge in [-0.25, -0.2) is 0 Å². The van der Waals surface area contributed by atoms with Crippen LogP contribution in [0.15, 0.2) is 53.0 Å². The van der Waals surface area contributed by atoms with E-state index in [0.717, 1.165) is 34.3 Å². The molecule has 29 heavy (non-hydrogen) atoms. The predicted octanol–water partition coefficient (Wildman–Crippen LogP) is 3.54. The number of carbonyl (C=O) groups is 3. The van der Waals surface area contributed by atoms with Gasteiger partial charge in [-0.05, 0) is 41.8 Å². The van der Waals surface area contributed by atoms with Crippen LogP contribution in [0.5, 0.6) is 0 Å². The first-order chi connectivity index (χ1) is 14.0. The van der Waals surface area contributed by atoms with Crippen molar-refractivity contribution >= 4 is 39.4 Å². The molecule has 3 rings (SSSR count). The molecule has 1 saturated heterocycles. The van der Waals surface area contributed by atoms with E-state index < -0.39 is 12.0 Å². The Morgan fingerprint density at radius 1 is 1.14 bits per heavy atom. The lowest BCUT2D eigenvalue weighted by atomic mass is 10.0. The molecule has 2 aromatic carbocycles. The topological polar surface area (TPSA) is 75.7 Å². The van der Waals surface area contributed by atoms with Gasteiger partial charge in [0.2, 0.25) is 11.8 Å². The van der Waals surface area contributed by atoms with Crippen LogP contribution in [0.25, 0.3) is 0 Å². The number of hydrogen-bond acceptors (Lipinski definition) is 4. The standard InChI is InChI=1S/C22H23BrN2O4/c1-29-22(28)14-19(16-6-8-17(23)9-7-16)24-20(26)13-15-4-10-18(11-5-15)25-12-2-3-21(25)27/h4-11,19H,2-3,12-14H2,1H3,(H,24,26). The number of methoxy groups -OCH3 is 1. The zero-order valence-corrected chi connectivity index (χ0v) is 17.8. The Bertz CT molecular complexity index is 881. The molecule has 7 heteroatoms. The number of amides is 2. The second kappa shape index (κ2) is 9.69. The van der Waals surface area contributed by atoms with Crippen molar-refractivity contribution in [2.75, 3.05) is 18.6 Å². The number of halogens is 1. The molecule has 2 amide bonds. The highest BCUT2D eigenvalue weighted by Crippen LogP contribution is 2.23. The maximum absolute atomic E-state index is 12.6. The van der Waals surface area contributed by atoms with Crippen LogP contribution in [0.2, 0.25) is 0 Å². The Labute approximate surface area is 178 Å². The first kappa shape index (κ1) is 21.0. The first-order valence-electron chi connectivity index (χ1n) is 9.47. The number of esters is 1. The molecule has 1 aliphatic rings. The molecule has 0 radical (unpaired) electrons. The fourth-order valence-electron chi connectivity index (χ4n) is 3.34. The van der Waals surface area contributed by atoms with Gasteiger partial charge in [-0.3, -0.25) is 14.4 Å². The molecule has 1 unspecified atom stereocenters. The molecule has 1 atom stereocenters. The summed E-state index contributed by atoms with van der Waals surface area (Å²) in [5.74, 6) is -0.444. The number of anilines is 1. The van der Waals surface area contributed by atoms with Crippen molar-refractivity contribution < 1.29 is 19.1 Å². The lowest BCUT2D eigenvalue weighted by Gasteiger charge is -2.19. The number of carbonyl (C=O) groups excluding carboxylic acids is 3. The van der Waals surface area contributed by atoms with E-state index >= 15 is 0 Å². The van der Waals surface area contributed by atoms with Crippen LogP contribution in [0.1, 0.15) is 36.4 Å². The molecule has 1 fully saturated rings. The highest BCUT2D eigenvalue weighted by molar-refractivity contribution is 9.10. The van der Waals surface area contributed by atoms with Crippen LogP contribution in [-0.4, -0.2) is 31.4 Å². The van der Waals surface area contributed by atoms with Crippen molar-refractivity contribution in [3.05, 3.63) is 64.1 Å². The van der Waals surface area contributed by atoms with Crippen molar-refractivity contribution in [2.45, 2.75) is 31.7 Å². The average molecular weight is 459 g/mol. The highest BCUT2D eigenvalue weighted by Gasteiger charge is 2.22. The van der Waals surface area contributed by atoms with Gasteiger partial charge in [0.15, 0.2) is 0 Å². The third kappa shape index (κ3) is 5.67. The van der Waals surface area contributed by atoms with Crippen molar-refractivity contribution in [1.29, 1.82) is 0 Å². The average Bonchev–Trinajstić information content (AvgIpc) is 3.14. The van der Waals surface area contributed by atoms with Crippen molar-refractivity contribution in [1.82, 2.24) is 5.32 Å². The second-order valence-corrected chi connectivity index (χ2v) is 7.86. The van der Waals surface area contributed by atoms with E-state index in [1.807, 2.05) is 48.5 Å². The summed E-state index contributed by atoms with van der Waals surface area (Å²) in [6.45, 7) is 0.737. The van der Waals surface area contributed by atoms with Gasteiger partial charge in [0, 0.05) is 23.1 Å². The lowest BCUT2D eigenvalue weighted by Crippen LogP contribution is -2.31. The molecule has 0 spiro atoms. The van der Waals surface area contributed by atoms with E-state index in [-0.39, 0.29) is 24.7 Å². The molecule has 6 nitrogen and oxygen atoms in total. The van der Waals surface area contributed by atoms with E-state index in [1.54, 1.807) is 4.90 Å². The number of nitrogens with zero attached hydrogens (tertiary/aromatic N) is 1. The SMILES string of the molecule is COC(=O)CC(NC(=O)Cc1ccc(N2CCCC2=O)cc1)c1ccc(Br)cc1. The molecular formula is C22H23BrN2O4. The monoisotopic (exact) mass is 458 g/mol. The molecule has 1 N–H and O–H groups in total. The number of ether oxygens (including phenoxy) is 1. The third-order valence-electron chi connectivity index (χ3n) is 4.89. The van der Waals surface area contributed by atoms with Gasteiger partial charge in [-0.1, -0.05) is 40.2 Å². The minimum absolute atomic E-state index is 0.0554. The van der Waals surface area contributed by atoms with Crippen LogP contribution < -0.4 is 10.2 Å². The van der Waals surface area contributed by atoms with Gasteiger partial charge >= 0.3 is 5.97 Å². The number of hydrogen-bond donors (Lipinski definition) is 1. The van der Waals surface area contributed by atoms with Crippen molar-refractivity contribution in [3.8, 4) is 0 Å². The van der Waals surface area contributed by atoms with Crippen LogP contribution in [-0.2, 0) is 25.5 Å². The fraction of sp³-hybridized carbons (Fsp3) is 0.318. The zero-order valence-electron chi connectivity index (χ0n) is 16.2. The predicted molar refractivity (Wildman–Crippen MR) is 113 cm³/mol. The second-order valence-electron chi connectivity index (χ2n) is 6.94. The number of rotatable bonds is 7. The van der Waals surface area contributed by atoms with Crippen LogP contribution in [0.3, 0.4) is 0 Å². The van der Waals surface area contributed by atoms with Gasteiger partial charge in [-0.2, -0.15) is 0 Å². The molecule has 2 aromatic rings. The summed E-state index contributed by atoms with van der Waals surface area (Å²) in [7, 11) is 1.33. The molecule has 1 heterocycles. The molecule has 0 bridgehead atoms. The number of benzene rings is 2. The third-order valence-corrected chi connectivity index (χ3v) is 5.42. The van der Waals surface area contributed by atoms with Crippen LogP contribution in [0, 0.1) is 0 Å². The van der Waals surface area contributed by atoms with E-state index in [1.165, 1.54) is 7.11 Å². The molecule has 1 aliphatic heterocycles. The number of nitrogens with one attached hydrogen (secondary N) is 1. The Hall–Kier alpha value is -2.67. The Balaban J connectivity index is 1.65. The molecule has 0 aromatic heterocycles. The van der Waals surface area contributed by atoms with Gasteiger partial charge < -0.3 is 15.0 Å². The lowest BCUT2D eigenvalue weighted by molar-refractivity contribution is -0.141. The minimum atomic E-state index is -0.468. The normalized spacial score (nSPS) is 14.6. The summed E-state index contributed by atoms with van der Waals surface area (Å²) in [6.07, 6.45) is 1.70. The minimum Gasteiger partial charge on any atom is -0.469 e. The zero-order chi connectivity index (χ0) is 20.8. The molecule has 0 aliphatic carbocycles. The maximum Gasteiger partial charge on any atom is 0.307 e. The quantitative estimate of drug-likeness (QED) is 0.643. The summed E-state index contributed by atoms with van der Waals surface area (Å²) < 4.78 is 5.68. The van der Waals surface area contributed by atoms with Gasteiger partial charge in [0.25, 0.3) is 0 Å². The summed E-state index contributed by atoms with van der Waals surface area (Å²) in [6, 6.07) is 14.4. The molecular weight excluding hydrogens is 436 g/mol. The van der Waals surface area contributed by atoms with E-state index in [0.29, 0.717) is 6.42 Å². The van der Waals surface area contributed by atoms with E-state index in [2.05, 4.69) is 21.2 Å². The molecule has 0 saturated carbocycles. The summed E-state index contributed by atoms with van der Waals surface area (Å²) >= 11 is 3.38. The van der Waals surface area contributed by atoms with Crippen LogP contribution in [0.4, 0.5) is 5.69 Å². The summed E-state index contributed by atoms with van der Waals surface area (Å²) in [5, 5.41) is 2.92. The van der Waals surface area contributed by atoms with E-state index in [4.69, 9.17) is 4.74 Å². The van der Waals surface area contributed by atoms with Crippen molar-refractivity contribution in [2.24, 2.45) is 0 Å². The van der Waals surface area contributed by atoms with Crippen LogP contribution >= 0.6 is 15.9 Å². The maximum atomic E-state index is 12.6. The fourth-order valence-corrected chi connectivity index (χ4v) is 3.61. The van der Waals surface area contributed by atoms with Crippen molar-refractivity contribution in [3.63, 3.8) is 0 Å². The van der Waals surface area contributed by atoms with Gasteiger partial charge in [0.05, 0.1) is 26.0 Å². The Morgan fingerprint density at radius 3 is 2.41 bits per heavy atom. The first-order valence-corrected chi connectivity index (χ1v) is 10.3. The largest absolute Gasteiger partial charge is 0.469 e. The Morgan fingerprint density at radius 2 is 1.83 bits per heavy atom. The van der Waals surface area contributed by atoms with Gasteiger partial charge in [0.1, 0.15) is 0 Å². The smallest absolute Gasteiger partial charge is 0.307 e. The molecule has 152 valence electrons. The summed E-state index contributed by atoms with van der Waals surface area (Å²) in [4.78, 5) is 38.0.